The van der Waals surface area contributed by atoms with Crippen molar-refractivity contribution in [3.05, 3.63) is 0 Å². The molecule has 1 heterocycles. The lowest BCUT2D eigenvalue weighted by atomic mass is 9.86. The van der Waals surface area contributed by atoms with Gasteiger partial charge in [-0.3, -0.25) is 0 Å². The Labute approximate surface area is 99.6 Å². The normalized spacial score (nSPS) is 26.8. The van der Waals surface area contributed by atoms with Gasteiger partial charge in [0, 0.05) is 19.3 Å². The third-order valence-corrected chi connectivity index (χ3v) is 3.60. The van der Waals surface area contributed by atoms with E-state index in [2.05, 4.69) is 5.32 Å². The Morgan fingerprint density at radius 1 is 1.07 bits per heavy atom. The van der Waals surface area contributed by atoms with Gasteiger partial charge in [0.05, 0.1) is 0 Å². The summed E-state index contributed by atoms with van der Waals surface area (Å²) in [6.45, 7) is 3.20. The predicted octanol–water partition coefficient (Wildman–Crippen LogP) is 2.76. The molecule has 0 spiro atoms. The molecule has 1 aliphatic heterocycles. The molecular formula is C12H24ClNO. The highest BCUT2D eigenvalue weighted by atomic mass is 35.5. The summed E-state index contributed by atoms with van der Waals surface area (Å²) in [6, 6.07) is 0.741. The molecule has 3 heteroatoms. The first-order valence-corrected chi connectivity index (χ1v) is 6.26. The number of ether oxygens (including phenoxy) is 1. The van der Waals surface area contributed by atoms with Crippen molar-refractivity contribution in [2.24, 2.45) is 5.92 Å². The van der Waals surface area contributed by atoms with Crippen molar-refractivity contribution in [2.75, 3.05) is 19.8 Å². The molecule has 0 aromatic heterocycles. The van der Waals surface area contributed by atoms with E-state index in [1.807, 2.05) is 0 Å². The second-order valence-corrected chi connectivity index (χ2v) is 4.81. The van der Waals surface area contributed by atoms with Crippen LogP contribution in [0.2, 0.25) is 0 Å². The number of nitrogens with one attached hydrogen (secondary N) is 1. The van der Waals surface area contributed by atoms with Crippen molar-refractivity contribution in [3.63, 3.8) is 0 Å². The molecule has 90 valence electrons. The number of rotatable bonds is 5. The lowest BCUT2D eigenvalue weighted by Crippen LogP contribution is -2.35. The molecule has 1 saturated carbocycles. The Morgan fingerprint density at radius 3 is 2.53 bits per heavy atom. The van der Waals surface area contributed by atoms with Crippen LogP contribution in [0.1, 0.15) is 44.9 Å². The van der Waals surface area contributed by atoms with Crippen LogP contribution < -0.4 is 5.32 Å². The molecule has 2 fully saturated rings. The fraction of sp³-hybridized carbons (Fsp3) is 1.00. The highest BCUT2D eigenvalue weighted by Gasteiger charge is 2.17. The van der Waals surface area contributed by atoms with Gasteiger partial charge in [-0.25, -0.2) is 0 Å². The average molecular weight is 234 g/mol. The van der Waals surface area contributed by atoms with E-state index in [9.17, 15) is 0 Å². The van der Waals surface area contributed by atoms with Gasteiger partial charge in [0.2, 0.25) is 0 Å². The quantitative estimate of drug-likeness (QED) is 0.738. The monoisotopic (exact) mass is 233 g/mol. The van der Waals surface area contributed by atoms with Gasteiger partial charge >= 0.3 is 0 Å². The number of hydrogen-bond donors (Lipinski definition) is 1. The first-order valence-electron chi connectivity index (χ1n) is 6.26. The summed E-state index contributed by atoms with van der Waals surface area (Å²) < 4.78 is 5.70. The lowest BCUT2D eigenvalue weighted by Gasteiger charge is -2.26. The van der Waals surface area contributed by atoms with Crippen LogP contribution in [0.4, 0.5) is 0 Å². The van der Waals surface area contributed by atoms with Crippen LogP contribution in [0.5, 0.6) is 0 Å². The molecule has 0 aromatic carbocycles. The van der Waals surface area contributed by atoms with Crippen LogP contribution in [0.15, 0.2) is 0 Å². The summed E-state index contributed by atoms with van der Waals surface area (Å²) in [6.07, 6.45) is 9.57. The van der Waals surface area contributed by atoms with Gasteiger partial charge in [-0.1, -0.05) is 12.8 Å². The summed E-state index contributed by atoms with van der Waals surface area (Å²) in [5.41, 5.74) is 0. The van der Waals surface area contributed by atoms with Crippen molar-refractivity contribution < 1.29 is 4.74 Å². The van der Waals surface area contributed by atoms with Crippen LogP contribution >= 0.6 is 12.4 Å². The van der Waals surface area contributed by atoms with Gasteiger partial charge in [0.1, 0.15) is 0 Å². The Balaban J connectivity index is 0.00000112. The zero-order valence-corrected chi connectivity index (χ0v) is 10.4. The third-order valence-electron chi connectivity index (χ3n) is 3.60. The minimum atomic E-state index is 0. The highest BCUT2D eigenvalue weighted by Crippen LogP contribution is 2.26. The molecule has 2 nitrogen and oxygen atoms in total. The van der Waals surface area contributed by atoms with E-state index in [0.717, 1.165) is 25.2 Å². The summed E-state index contributed by atoms with van der Waals surface area (Å²) in [5, 5.41) is 3.56. The number of hydrogen-bond acceptors (Lipinski definition) is 2. The first-order chi connectivity index (χ1) is 6.95. The SMILES string of the molecule is C1CCC(CCOCC2CCC2)NC1.Cl. The third kappa shape index (κ3) is 4.71. The highest BCUT2D eigenvalue weighted by molar-refractivity contribution is 5.85. The second-order valence-electron chi connectivity index (χ2n) is 4.81. The molecule has 1 atom stereocenters. The van der Waals surface area contributed by atoms with Crippen molar-refractivity contribution in [2.45, 2.75) is 51.0 Å². The van der Waals surface area contributed by atoms with Crippen LogP contribution in [0.25, 0.3) is 0 Å². The maximum atomic E-state index is 5.70. The van der Waals surface area contributed by atoms with Gasteiger partial charge in [-0.2, -0.15) is 0 Å². The molecule has 0 radical (unpaired) electrons. The zero-order valence-electron chi connectivity index (χ0n) is 9.54. The number of halogens is 1. The molecular weight excluding hydrogens is 210 g/mol. The molecule has 2 aliphatic rings. The van der Waals surface area contributed by atoms with E-state index >= 15 is 0 Å². The molecule has 2 rings (SSSR count). The maximum absolute atomic E-state index is 5.70. The Hall–Kier alpha value is 0.210. The van der Waals surface area contributed by atoms with Crippen molar-refractivity contribution in [1.29, 1.82) is 0 Å². The zero-order chi connectivity index (χ0) is 9.64. The van der Waals surface area contributed by atoms with Gasteiger partial charge in [0.25, 0.3) is 0 Å². The van der Waals surface area contributed by atoms with E-state index < -0.39 is 0 Å². The molecule has 0 amide bonds. The fourth-order valence-corrected chi connectivity index (χ4v) is 2.31. The Kier molecular flexibility index (Phi) is 6.62. The Morgan fingerprint density at radius 2 is 1.93 bits per heavy atom. The number of piperidine rings is 1. The van der Waals surface area contributed by atoms with Crippen molar-refractivity contribution in [3.8, 4) is 0 Å². The summed E-state index contributed by atoms with van der Waals surface area (Å²) in [4.78, 5) is 0. The van der Waals surface area contributed by atoms with Gasteiger partial charge in [-0.15, -0.1) is 12.4 Å². The minimum Gasteiger partial charge on any atom is -0.381 e. The van der Waals surface area contributed by atoms with Crippen LogP contribution in [0, 0.1) is 5.92 Å². The fourth-order valence-electron chi connectivity index (χ4n) is 2.31. The summed E-state index contributed by atoms with van der Waals surface area (Å²) in [7, 11) is 0. The van der Waals surface area contributed by atoms with E-state index in [0.29, 0.717) is 0 Å². The van der Waals surface area contributed by atoms with E-state index in [4.69, 9.17) is 4.74 Å². The Bertz CT molecular complexity index is 156. The lowest BCUT2D eigenvalue weighted by molar-refractivity contribution is 0.0632. The predicted molar refractivity (Wildman–Crippen MR) is 65.7 cm³/mol. The smallest absolute Gasteiger partial charge is 0.0494 e. The van der Waals surface area contributed by atoms with E-state index in [1.54, 1.807) is 0 Å². The second kappa shape index (κ2) is 7.48. The molecule has 1 saturated heterocycles. The molecule has 0 aromatic rings. The van der Waals surface area contributed by atoms with Gasteiger partial charge in [0.15, 0.2) is 0 Å². The van der Waals surface area contributed by atoms with E-state index in [1.165, 1.54) is 51.5 Å². The first kappa shape index (κ1) is 13.3. The minimum absolute atomic E-state index is 0. The molecule has 1 aliphatic carbocycles. The molecule has 1 unspecified atom stereocenters. The molecule has 15 heavy (non-hydrogen) atoms. The van der Waals surface area contributed by atoms with Crippen LogP contribution in [-0.4, -0.2) is 25.8 Å². The van der Waals surface area contributed by atoms with Crippen molar-refractivity contribution >= 4 is 12.4 Å². The molecule has 0 bridgehead atoms. The topological polar surface area (TPSA) is 21.3 Å². The van der Waals surface area contributed by atoms with Gasteiger partial charge < -0.3 is 10.1 Å². The van der Waals surface area contributed by atoms with Crippen LogP contribution in [-0.2, 0) is 4.74 Å². The summed E-state index contributed by atoms with van der Waals surface area (Å²) >= 11 is 0. The largest absolute Gasteiger partial charge is 0.381 e. The van der Waals surface area contributed by atoms with Crippen LogP contribution in [0.3, 0.4) is 0 Å². The standard InChI is InChI=1S/C12H23NO.ClH/c1-2-8-13-12(6-1)7-9-14-10-11-4-3-5-11;/h11-13H,1-10H2;1H. The average Bonchev–Trinajstić information content (AvgIpc) is 2.16. The van der Waals surface area contributed by atoms with Crippen molar-refractivity contribution in [1.82, 2.24) is 5.32 Å². The van der Waals surface area contributed by atoms with Gasteiger partial charge in [-0.05, 0) is 44.6 Å². The van der Waals surface area contributed by atoms with E-state index in [-0.39, 0.29) is 12.4 Å². The summed E-state index contributed by atoms with van der Waals surface area (Å²) in [5.74, 6) is 0.898. The molecule has 1 N–H and O–H groups in total. The maximum Gasteiger partial charge on any atom is 0.0494 e.